The van der Waals surface area contributed by atoms with Crippen LogP contribution in [0, 0.1) is 0 Å². The number of ether oxygens (including phenoxy) is 2. The van der Waals surface area contributed by atoms with Crippen LogP contribution in [-0.2, 0) is 0 Å². The van der Waals surface area contributed by atoms with Crippen LogP contribution in [-0.4, -0.2) is 14.2 Å². The monoisotopic (exact) mass is 249 g/mol. The third-order valence-corrected chi connectivity index (χ3v) is 3.58. The Balaban J connectivity index is 2.49. The Morgan fingerprint density at radius 2 is 1.71 bits per heavy atom. The highest BCUT2D eigenvalue weighted by Crippen LogP contribution is 2.37. The Morgan fingerprint density at radius 1 is 1.06 bits per heavy atom. The number of rotatable bonds is 4. The van der Waals surface area contributed by atoms with Gasteiger partial charge in [0.2, 0.25) is 0 Å². The van der Waals surface area contributed by atoms with Crippen LogP contribution < -0.4 is 15.2 Å². The van der Waals surface area contributed by atoms with E-state index in [1.54, 1.807) is 25.6 Å². The smallest absolute Gasteiger partial charge is 0.127 e. The predicted molar refractivity (Wildman–Crippen MR) is 69.9 cm³/mol. The van der Waals surface area contributed by atoms with E-state index >= 15 is 0 Å². The lowest BCUT2D eigenvalue weighted by Gasteiger charge is -2.17. The first kappa shape index (κ1) is 12.0. The predicted octanol–water partition coefficient (Wildman–Crippen LogP) is 2.81. The Labute approximate surface area is 105 Å². The van der Waals surface area contributed by atoms with Crippen LogP contribution in [0.2, 0.25) is 0 Å². The standard InChI is InChI=1S/C13H15NO2S/c1-15-9-5-3-6-10(16-2)12(9)13(14)11-7-4-8-17-11/h3-8,13H,14H2,1-2H3/t13-/m1/s1. The molecule has 1 aromatic heterocycles. The number of hydrogen-bond donors (Lipinski definition) is 1. The van der Waals surface area contributed by atoms with Crippen LogP contribution in [0.1, 0.15) is 16.5 Å². The van der Waals surface area contributed by atoms with Crippen molar-refractivity contribution in [2.24, 2.45) is 5.73 Å². The molecule has 0 aliphatic rings. The van der Waals surface area contributed by atoms with Crippen LogP contribution >= 0.6 is 11.3 Å². The molecule has 90 valence electrons. The molecule has 2 N–H and O–H groups in total. The molecule has 0 aliphatic heterocycles. The first-order valence-electron chi connectivity index (χ1n) is 5.27. The molecule has 1 heterocycles. The van der Waals surface area contributed by atoms with Gasteiger partial charge in [0.05, 0.1) is 25.8 Å². The zero-order valence-corrected chi connectivity index (χ0v) is 10.7. The van der Waals surface area contributed by atoms with E-state index in [1.165, 1.54) is 0 Å². The molecule has 0 unspecified atom stereocenters. The van der Waals surface area contributed by atoms with Crippen LogP contribution in [0.4, 0.5) is 0 Å². The fourth-order valence-corrected chi connectivity index (χ4v) is 2.53. The third-order valence-electron chi connectivity index (χ3n) is 2.63. The van der Waals surface area contributed by atoms with E-state index in [9.17, 15) is 0 Å². The number of nitrogens with two attached hydrogens (primary N) is 1. The van der Waals surface area contributed by atoms with Crippen molar-refractivity contribution in [1.29, 1.82) is 0 Å². The van der Waals surface area contributed by atoms with E-state index in [1.807, 2.05) is 35.7 Å². The van der Waals surface area contributed by atoms with Gasteiger partial charge in [-0.15, -0.1) is 11.3 Å². The summed E-state index contributed by atoms with van der Waals surface area (Å²) in [5, 5.41) is 2.01. The number of thiophene rings is 1. The van der Waals surface area contributed by atoms with Crippen molar-refractivity contribution in [3.05, 3.63) is 46.2 Å². The summed E-state index contributed by atoms with van der Waals surface area (Å²) in [6.07, 6.45) is 0. The highest BCUT2D eigenvalue weighted by molar-refractivity contribution is 7.10. The molecule has 0 saturated carbocycles. The van der Waals surface area contributed by atoms with Gasteiger partial charge in [-0.3, -0.25) is 0 Å². The minimum Gasteiger partial charge on any atom is -0.496 e. The molecule has 3 nitrogen and oxygen atoms in total. The van der Waals surface area contributed by atoms with Gasteiger partial charge in [0.15, 0.2) is 0 Å². The SMILES string of the molecule is COc1cccc(OC)c1[C@H](N)c1cccs1. The topological polar surface area (TPSA) is 44.5 Å². The molecule has 4 heteroatoms. The molecule has 1 atom stereocenters. The maximum Gasteiger partial charge on any atom is 0.127 e. The molecule has 2 aromatic rings. The van der Waals surface area contributed by atoms with Gasteiger partial charge >= 0.3 is 0 Å². The molecule has 0 radical (unpaired) electrons. The van der Waals surface area contributed by atoms with Crippen LogP contribution in [0.15, 0.2) is 35.7 Å². The van der Waals surface area contributed by atoms with Crippen molar-refractivity contribution in [3.8, 4) is 11.5 Å². The molecular formula is C13H15NO2S. The van der Waals surface area contributed by atoms with Crippen molar-refractivity contribution in [2.45, 2.75) is 6.04 Å². The molecule has 0 amide bonds. The molecule has 0 aliphatic carbocycles. The molecule has 0 bridgehead atoms. The van der Waals surface area contributed by atoms with Crippen LogP contribution in [0.25, 0.3) is 0 Å². The summed E-state index contributed by atoms with van der Waals surface area (Å²) in [6.45, 7) is 0. The van der Waals surface area contributed by atoms with Gasteiger partial charge in [-0.05, 0) is 23.6 Å². The van der Waals surface area contributed by atoms with Gasteiger partial charge in [-0.1, -0.05) is 12.1 Å². The molecular weight excluding hydrogens is 234 g/mol. The number of hydrogen-bond acceptors (Lipinski definition) is 4. The van der Waals surface area contributed by atoms with Crippen LogP contribution in [0.5, 0.6) is 11.5 Å². The van der Waals surface area contributed by atoms with Crippen molar-refractivity contribution in [2.75, 3.05) is 14.2 Å². The second-order valence-corrected chi connectivity index (χ2v) is 4.55. The zero-order chi connectivity index (χ0) is 12.3. The fraction of sp³-hybridized carbons (Fsp3) is 0.231. The molecule has 17 heavy (non-hydrogen) atoms. The lowest BCUT2D eigenvalue weighted by atomic mass is 10.0. The lowest BCUT2D eigenvalue weighted by Crippen LogP contribution is -2.13. The lowest BCUT2D eigenvalue weighted by molar-refractivity contribution is 0.382. The van der Waals surface area contributed by atoms with Crippen LogP contribution in [0.3, 0.4) is 0 Å². The minimum atomic E-state index is -0.221. The molecule has 2 rings (SSSR count). The van der Waals surface area contributed by atoms with E-state index in [-0.39, 0.29) is 6.04 Å². The first-order valence-corrected chi connectivity index (χ1v) is 6.15. The summed E-state index contributed by atoms with van der Waals surface area (Å²) in [5.41, 5.74) is 7.15. The zero-order valence-electron chi connectivity index (χ0n) is 9.84. The molecule has 0 fully saturated rings. The molecule has 0 saturated heterocycles. The van der Waals surface area contributed by atoms with E-state index < -0.39 is 0 Å². The van der Waals surface area contributed by atoms with Gasteiger partial charge in [0.25, 0.3) is 0 Å². The highest BCUT2D eigenvalue weighted by atomic mass is 32.1. The Morgan fingerprint density at radius 3 is 2.18 bits per heavy atom. The summed E-state index contributed by atoms with van der Waals surface area (Å²) in [4.78, 5) is 1.09. The van der Waals surface area contributed by atoms with Crippen molar-refractivity contribution < 1.29 is 9.47 Å². The number of benzene rings is 1. The quantitative estimate of drug-likeness (QED) is 0.906. The normalized spacial score (nSPS) is 12.2. The average Bonchev–Trinajstić information content (AvgIpc) is 2.90. The van der Waals surface area contributed by atoms with E-state index in [0.717, 1.165) is 21.9 Å². The summed E-state index contributed by atoms with van der Waals surface area (Å²) >= 11 is 1.63. The van der Waals surface area contributed by atoms with Gasteiger partial charge in [0, 0.05) is 4.88 Å². The van der Waals surface area contributed by atoms with Crippen molar-refractivity contribution in [1.82, 2.24) is 0 Å². The van der Waals surface area contributed by atoms with E-state index in [4.69, 9.17) is 15.2 Å². The minimum absolute atomic E-state index is 0.221. The molecule has 0 spiro atoms. The van der Waals surface area contributed by atoms with Crippen molar-refractivity contribution >= 4 is 11.3 Å². The summed E-state index contributed by atoms with van der Waals surface area (Å²) in [7, 11) is 3.28. The Kier molecular flexibility index (Phi) is 3.66. The maximum absolute atomic E-state index is 6.26. The van der Waals surface area contributed by atoms with E-state index in [2.05, 4.69) is 0 Å². The van der Waals surface area contributed by atoms with Crippen molar-refractivity contribution in [3.63, 3.8) is 0 Å². The van der Waals surface area contributed by atoms with Gasteiger partial charge < -0.3 is 15.2 Å². The average molecular weight is 249 g/mol. The second kappa shape index (κ2) is 5.21. The first-order chi connectivity index (χ1) is 8.27. The summed E-state index contributed by atoms with van der Waals surface area (Å²) in [5.74, 6) is 1.51. The maximum atomic E-state index is 6.26. The number of methoxy groups -OCH3 is 2. The Bertz CT molecular complexity index is 460. The largest absolute Gasteiger partial charge is 0.496 e. The van der Waals surface area contributed by atoms with Gasteiger partial charge in [-0.2, -0.15) is 0 Å². The van der Waals surface area contributed by atoms with E-state index in [0.29, 0.717) is 0 Å². The summed E-state index contributed by atoms with van der Waals surface area (Å²) < 4.78 is 10.7. The third kappa shape index (κ3) is 2.28. The second-order valence-electron chi connectivity index (χ2n) is 3.57. The Hall–Kier alpha value is -1.52. The molecule has 1 aromatic carbocycles. The summed E-state index contributed by atoms with van der Waals surface area (Å²) in [6, 6.07) is 9.46. The van der Waals surface area contributed by atoms with Gasteiger partial charge in [-0.25, -0.2) is 0 Å². The highest BCUT2D eigenvalue weighted by Gasteiger charge is 2.19. The fourth-order valence-electron chi connectivity index (χ4n) is 1.80. The van der Waals surface area contributed by atoms with Gasteiger partial charge in [0.1, 0.15) is 11.5 Å².